The lowest BCUT2D eigenvalue weighted by atomic mass is 10.0. The molecule has 0 bridgehead atoms. The molecule has 4 N–H and O–H groups in total. The number of H-pyrrole nitrogens is 2. The number of aliphatic hydroxyl groups excluding tert-OH is 1. The number of rotatable bonds is 7. The maximum Gasteiger partial charge on any atom is 0.178 e. The van der Waals surface area contributed by atoms with E-state index in [0.29, 0.717) is 29.5 Å². The second-order valence-electron chi connectivity index (χ2n) is 9.46. The normalized spacial score (nSPS) is 12.4. The number of aromatic amines is 2. The van der Waals surface area contributed by atoms with Crippen LogP contribution in [-0.4, -0.2) is 46.5 Å². The van der Waals surface area contributed by atoms with Crippen LogP contribution in [0.15, 0.2) is 73.4 Å². The van der Waals surface area contributed by atoms with E-state index in [1.165, 1.54) is 0 Å². The van der Waals surface area contributed by atoms with Gasteiger partial charge in [0.1, 0.15) is 11.9 Å². The van der Waals surface area contributed by atoms with Crippen LogP contribution in [-0.2, 0) is 0 Å². The van der Waals surface area contributed by atoms with Crippen molar-refractivity contribution in [3.05, 3.63) is 73.4 Å². The van der Waals surface area contributed by atoms with Gasteiger partial charge in [0.2, 0.25) is 0 Å². The van der Waals surface area contributed by atoms with Crippen molar-refractivity contribution in [1.29, 1.82) is 0 Å². The van der Waals surface area contributed by atoms with Gasteiger partial charge in [0.15, 0.2) is 11.5 Å². The van der Waals surface area contributed by atoms with Crippen LogP contribution in [0.2, 0.25) is 0 Å². The van der Waals surface area contributed by atoms with Crippen molar-refractivity contribution >= 4 is 27.8 Å². The summed E-state index contributed by atoms with van der Waals surface area (Å²) in [5, 5.41) is 22.0. The first-order valence-corrected chi connectivity index (χ1v) is 12.2. The molecule has 6 rings (SSSR count). The van der Waals surface area contributed by atoms with Crippen LogP contribution in [0.25, 0.3) is 55.8 Å². The molecular weight excluding hydrogens is 464 g/mol. The fourth-order valence-electron chi connectivity index (χ4n) is 4.54. The summed E-state index contributed by atoms with van der Waals surface area (Å²) in [4.78, 5) is 21.1. The van der Waals surface area contributed by atoms with Gasteiger partial charge in [0.25, 0.3) is 0 Å². The first-order chi connectivity index (χ1) is 18.0. The Hall–Kier alpha value is -4.63. The molecule has 6 aromatic rings. The SMILES string of the molecule is CC(C)CC(O)Nc1cncc(-c2ccc3[nH]nc(-c4nc5nccc(-c6ccncc6)c5[nH]4)c3c2)c1. The number of hydrogen-bond donors (Lipinski definition) is 4. The van der Waals surface area contributed by atoms with E-state index in [4.69, 9.17) is 4.98 Å². The number of nitrogens with zero attached hydrogens (tertiary/aromatic N) is 5. The molecule has 5 heterocycles. The summed E-state index contributed by atoms with van der Waals surface area (Å²) >= 11 is 0. The molecule has 5 aromatic heterocycles. The Balaban J connectivity index is 1.38. The highest BCUT2D eigenvalue weighted by molar-refractivity contribution is 5.97. The minimum Gasteiger partial charge on any atom is -0.374 e. The van der Waals surface area contributed by atoms with E-state index in [9.17, 15) is 5.11 Å². The minimum absolute atomic E-state index is 0.384. The van der Waals surface area contributed by atoms with E-state index >= 15 is 0 Å². The number of imidazole rings is 1. The first-order valence-electron chi connectivity index (χ1n) is 12.2. The number of aliphatic hydroxyl groups is 1. The monoisotopic (exact) mass is 490 g/mol. The van der Waals surface area contributed by atoms with Gasteiger partial charge in [-0.1, -0.05) is 19.9 Å². The van der Waals surface area contributed by atoms with Gasteiger partial charge < -0.3 is 15.4 Å². The predicted molar refractivity (Wildman–Crippen MR) is 145 cm³/mol. The summed E-state index contributed by atoms with van der Waals surface area (Å²) in [6, 6.07) is 14.0. The number of fused-ring (bicyclic) bond motifs is 2. The smallest absolute Gasteiger partial charge is 0.178 e. The molecular formula is C28H26N8O. The highest BCUT2D eigenvalue weighted by Crippen LogP contribution is 2.32. The third-order valence-corrected chi connectivity index (χ3v) is 6.27. The molecule has 0 spiro atoms. The number of hydrogen-bond acceptors (Lipinski definition) is 7. The van der Waals surface area contributed by atoms with E-state index in [1.807, 2.05) is 42.6 Å². The Kier molecular flexibility index (Phi) is 5.82. The van der Waals surface area contributed by atoms with Gasteiger partial charge in [0.05, 0.1) is 22.9 Å². The van der Waals surface area contributed by atoms with Gasteiger partial charge in [0, 0.05) is 41.3 Å². The molecule has 0 radical (unpaired) electrons. The number of benzene rings is 1. The summed E-state index contributed by atoms with van der Waals surface area (Å²) in [6.07, 6.45) is 8.86. The summed E-state index contributed by atoms with van der Waals surface area (Å²) in [7, 11) is 0. The first kappa shape index (κ1) is 22.8. The van der Waals surface area contributed by atoms with E-state index in [1.54, 1.807) is 24.8 Å². The molecule has 0 fully saturated rings. The van der Waals surface area contributed by atoms with Crippen LogP contribution in [0.4, 0.5) is 5.69 Å². The van der Waals surface area contributed by atoms with Gasteiger partial charge in [-0.15, -0.1) is 0 Å². The summed E-state index contributed by atoms with van der Waals surface area (Å²) in [5.74, 6) is 1.02. The number of nitrogens with one attached hydrogen (secondary N) is 3. The highest BCUT2D eigenvalue weighted by atomic mass is 16.3. The Bertz CT molecular complexity index is 1690. The van der Waals surface area contributed by atoms with Crippen LogP contribution in [0.5, 0.6) is 0 Å². The van der Waals surface area contributed by atoms with Crippen molar-refractivity contribution in [3.8, 4) is 33.8 Å². The molecule has 184 valence electrons. The van der Waals surface area contributed by atoms with Crippen molar-refractivity contribution in [2.75, 3.05) is 5.32 Å². The number of anilines is 1. The van der Waals surface area contributed by atoms with E-state index in [2.05, 4.69) is 55.4 Å². The zero-order valence-electron chi connectivity index (χ0n) is 20.5. The molecule has 0 saturated carbocycles. The highest BCUT2D eigenvalue weighted by Gasteiger charge is 2.16. The van der Waals surface area contributed by atoms with Crippen molar-refractivity contribution in [2.45, 2.75) is 26.5 Å². The van der Waals surface area contributed by atoms with Gasteiger partial charge in [-0.2, -0.15) is 5.10 Å². The predicted octanol–water partition coefficient (Wildman–Crippen LogP) is 5.40. The molecule has 0 aliphatic heterocycles. The van der Waals surface area contributed by atoms with Crippen LogP contribution in [0.3, 0.4) is 0 Å². The van der Waals surface area contributed by atoms with E-state index in [0.717, 1.165) is 44.4 Å². The molecule has 0 saturated heterocycles. The van der Waals surface area contributed by atoms with Crippen LogP contribution < -0.4 is 5.32 Å². The second kappa shape index (κ2) is 9.44. The standard InChI is InChI=1S/C28H26N8O/c1-16(2)11-24(37)32-20-12-19(14-30-15-20)18-3-4-23-22(13-18)26(36-35-23)28-33-25-21(7-10-31-27(25)34-28)17-5-8-29-9-6-17/h3-10,12-16,24,32,37H,11H2,1-2H3,(H,35,36)(H,31,33,34). The molecule has 37 heavy (non-hydrogen) atoms. The maximum atomic E-state index is 10.3. The Labute approximate surface area is 213 Å². The second-order valence-corrected chi connectivity index (χ2v) is 9.46. The van der Waals surface area contributed by atoms with E-state index in [-0.39, 0.29) is 0 Å². The molecule has 0 amide bonds. The quantitative estimate of drug-likeness (QED) is 0.221. The lowest BCUT2D eigenvalue weighted by Crippen LogP contribution is -2.20. The molecule has 0 aliphatic rings. The van der Waals surface area contributed by atoms with Gasteiger partial charge >= 0.3 is 0 Å². The molecule has 9 heteroatoms. The lowest BCUT2D eigenvalue weighted by molar-refractivity contribution is 0.176. The van der Waals surface area contributed by atoms with Crippen LogP contribution in [0.1, 0.15) is 20.3 Å². The fraction of sp³-hybridized carbons (Fsp3) is 0.179. The van der Waals surface area contributed by atoms with E-state index < -0.39 is 6.23 Å². The average Bonchev–Trinajstić information content (AvgIpc) is 3.52. The third kappa shape index (κ3) is 4.52. The fourth-order valence-corrected chi connectivity index (χ4v) is 4.54. The van der Waals surface area contributed by atoms with Gasteiger partial charge in [-0.05, 0) is 59.9 Å². The zero-order valence-corrected chi connectivity index (χ0v) is 20.5. The van der Waals surface area contributed by atoms with Gasteiger partial charge in [-0.3, -0.25) is 15.1 Å². The topological polar surface area (TPSA) is 128 Å². The van der Waals surface area contributed by atoms with Crippen LogP contribution in [0, 0.1) is 5.92 Å². The minimum atomic E-state index is -0.626. The molecule has 1 atom stereocenters. The third-order valence-electron chi connectivity index (χ3n) is 6.27. The molecule has 9 nitrogen and oxygen atoms in total. The van der Waals surface area contributed by atoms with Crippen molar-refractivity contribution < 1.29 is 5.11 Å². The van der Waals surface area contributed by atoms with Crippen molar-refractivity contribution in [3.63, 3.8) is 0 Å². The van der Waals surface area contributed by atoms with Crippen molar-refractivity contribution in [2.24, 2.45) is 5.92 Å². The summed E-state index contributed by atoms with van der Waals surface area (Å²) in [6.45, 7) is 4.16. The number of aromatic nitrogens is 7. The molecule has 0 aliphatic carbocycles. The lowest BCUT2D eigenvalue weighted by Gasteiger charge is -2.16. The van der Waals surface area contributed by atoms with Crippen molar-refractivity contribution in [1.82, 2.24) is 35.1 Å². The summed E-state index contributed by atoms with van der Waals surface area (Å²) < 4.78 is 0. The Morgan fingerprint density at radius 2 is 1.78 bits per heavy atom. The Morgan fingerprint density at radius 3 is 2.62 bits per heavy atom. The maximum absolute atomic E-state index is 10.3. The average molecular weight is 491 g/mol. The zero-order chi connectivity index (χ0) is 25.4. The number of pyridine rings is 3. The summed E-state index contributed by atoms with van der Waals surface area (Å²) in [5.41, 5.74) is 7.80. The van der Waals surface area contributed by atoms with Gasteiger partial charge in [-0.25, -0.2) is 9.97 Å². The van der Waals surface area contributed by atoms with Crippen LogP contribution >= 0.6 is 0 Å². The molecule has 1 aromatic carbocycles. The molecule has 1 unspecified atom stereocenters. The largest absolute Gasteiger partial charge is 0.374 e. The Morgan fingerprint density at radius 1 is 0.919 bits per heavy atom.